The molecule has 1 N–H and O–H groups in total. The first kappa shape index (κ1) is 14.0. The average molecular weight is 302 g/mol. The Morgan fingerprint density at radius 3 is 2.83 bits per heavy atom. The Labute approximate surface area is 121 Å². The van der Waals surface area contributed by atoms with E-state index >= 15 is 0 Å². The first-order valence-corrected chi connectivity index (χ1v) is 7.59. The second-order valence-corrected chi connectivity index (χ2v) is 5.95. The molecule has 0 radical (unpaired) electrons. The quantitative estimate of drug-likeness (QED) is 0.945. The highest BCUT2D eigenvalue weighted by Gasteiger charge is 2.12. The Bertz CT molecular complexity index is 463. The van der Waals surface area contributed by atoms with Gasteiger partial charge in [0.2, 0.25) is 0 Å². The van der Waals surface area contributed by atoms with Gasteiger partial charge in [-0.2, -0.15) is 0 Å². The van der Waals surface area contributed by atoms with E-state index in [4.69, 9.17) is 4.98 Å². The Balaban J connectivity index is 0.00000120. The summed E-state index contributed by atoms with van der Waals surface area (Å²) in [5.74, 6) is 0. The summed E-state index contributed by atoms with van der Waals surface area (Å²) >= 11 is 3.51. The largest absolute Gasteiger partial charge is 0.314 e. The van der Waals surface area contributed by atoms with E-state index in [1.807, 2.05) is 0 Å². The zero-order valence-corrected chi connectivity index (χ0v) is 12.4. The summed E-state index contributed by atoms with van der Waals surface area (Å²) in [5, 5.41) is 8.82. The molecule has 98 valence electrons. The summed E-state index contributed by atoms with van der Waals surface area (Å²) in [7, 11) is 0. The summed E-state index contributed by atoms with van der Waals surface area (Å²) in [6, 6.07) is 4.22. The monoisotopic (exact) mass is 301 g/mol. The fourth-order valence-corrected chi connectivity index (χ4v) is 3.62. The third-order valence-electron chi connectivity index (χ3n) is 2.88. The maximum absolute atomic E-state index is 4.71. The van der Waals surface area contributed by atoms with Crippen molar-refractivity contribution >= 4 is 35.1 Å². The Morgan fingerprint density at radius 2 is 2.11 bits per heavy atom. The summed E-state index contributed by atoms with van der Waals surface area (Å²) in [5.41, 5.74) is 1.21. The van der Waals surface area contributed by atoms with E-state index in [1.165, 1.54) is 10.6 Å². The number of thiazole rings is 1. The van der Waals surface area contributed by atoms with Crippen LogP contribution >= 0.6 is 35.1 Å². The number of piperazine rings is 1. The van der Waals surface area contributed by atoms with Gasteiger partial charge in [-0.3, -0.25) is 4.90 Å². The molecule has 0 saturated carbocycles. The van der Waals surface area contributed by atoms with Crippen LogP contribution in [-0.4, -0.2) is 36.1 Å². The lowest BCUT2D eigenvalue weighted by atomic mass is 10.3. The lowest BCUT2D eigenvalue weighted by Gasteiger charge is -2.26. The number of hydrogen-bond acceptors (Lipinski definition) is 5. The normalized spacial score (nSPS) is 16.4. The lowest BCUT2D eigenvalue weighted by molar-refractivity contribution is 0.231. The fraction of sp³-hybridized carbons (Fsp3) is 0.417. The van der Waals surface area contributed by atoms with Crippen LogP contribution < -0.4 is 5.32 Å². The van der Waals surface area contributed by atoms with E-state index in [2.05, 4.69) is 33.1 Å². The molecule has 1 saturated heterocycles. The molecule has 0 aromatic carbocycles. The zero-order chi connectivity index (χ0) is 11.5. The third kappa shape index (κ3) is 3.30. The molecule has 0 spiro atoms. The van der Waals surface area contributed by atoms with E-state index in [0.717, 1.165) is 37.7 Å². The Hall–Kier alpha value is -0.460. The third-order valence-corrected chi connectivity index (χ3v) is 4.81. The van der Waals surface area contributed by atoms with Crippen LogP contribution in [0.2, 0.25) is 0 Å². The molecule has 18 heavy (non-hydrogen) atoms. The van der Waals surface area contributed by atoms with Crippen LogP contribution in [0.5, 0.6) is 0 Å². The van der Waals surface area contributed by atoms with Crippen molar-refractivity contribution < 1.29 is 0 Å². The van der Waals surface area contributed by atoms with Crippen molar-refractivity contribution in [1.29, 1.82) is 0 Å². The van der Waals surface area contributed by atoms with Gasteiger partial charge >= 0.3 is 0 Å². The van der Waals surface area contributed by atoms with Crippen LogP contribution in [0.3, 0.4) is 0 Å². The number of thiophene rings is 1. The molecule has 1 aliphatic heterocycles. The van der Waals surface area contributed by atoms with Gasteiger partial charge in [0.1, 0.15) is 5.01 Å². The highest BCUT2D eigenvalue weighted by molar-refractivity contribution is 7.20. The van der Waals surface area contributed by atoms with Crippen LogP contribution in [0.15, 0.2) is 22.9 Å². The zero-order valence-electron chi connectivity index (χ0n) is 9.96. The highest BCUT2D eigenvalue weighted by atomic mass is 35.5. The van der Waals surface area contributed by atoms with E-state index < -0.39 is 0 Å². The van der Waals surface area contributed by atoms with Gasteiger partial charge in [-0.15, -0.1) is 35.1 Å². The minimum absolute atomic E-state index is 0. The van der Waals surface area contributed by atoms with Gasteiger partial charge in [-0.05, 0) is 11.4 Å². The van der Waals surface area contributed by atoms with Crippen LogP contribution in [0.4, 0.5) is 0 Å². The standard InChI is InChI=1S/C12H15N3S2.ClH/c1-2-11(16-7-1)12-14-10(9-17-12)8-15-5-3-13-4-6-15;/h1-2,7,9,13H,3-6,8H2;1H. The van der Waals surface area contributed by atoms with Gasteiger partial charge < -0.3 is 5.32 Å². The SMILES string of the molecule is Cl.c1csc(-c2nc(CN3CCNCC3)cs2)c1. The number of aromatic nitrogens is 1. The summed E-state index contributed by atoms with van der Waals surface area (Å²) < 4.78 is 0. The molecule has 3 rings (SSSR count). The number of halogens is 1. The van der Waals surface area contributed by atoms with Crippen LogP contribution in [0.1, 0.15) is 5.69 Å². The number of nitrogens with one attached hydrogen (secondary N) is 1. The average Bonchev–Trinajstić information content (AvgIpc) is 3.00. The number of nitrogens with zero attached hydrogens (tertiary/aromatic N) is 2. The second kappa shape index (κ2) is 6.63. The van der Waals surface area contributed by atoms with Crippen molar-refractivity contribution in [2.24, 2.45) is 0 Å². The topological polar surface area (TPSA) is 28.2 Å². The van der Waals surface area contributed by atoms with E-state index in [0.29, 0.717) is 0 Å². The van der Waals surface area contributed by atoms with Crippen molar-refractivity contribution in [2.45, 2.75) is 6.54 Å². The maximum atomic E-state index is 4.71. The van der Waals surface area contributed by atoms with Crippen molar-refractivity contribution in [2.75, 3.05) is 26.2 Å². The van der Waals surface area contributed by atoms with E-state index in [-0.39, 0.29) is 12.4 Å². The molecule has 0 unspecified atom stereocenters. The van der Waals surface area contributed by atoms with Gasteiger partial charge in [-0.1, -0.05) is 6.07 Å². The summed E-state index contributed by atoms with van der Waals surface area (Å²) in [6.45, 7) is 5.45. The Morgan fingerprint density at radius 1 is 1.28 bits per heavy atom. The predicted molar refractivity (Wildman–Crippen MR) is 80.8 cm³/mol. The van der Waals surface area contributed by atoms with Crippen LogP contribution in [-0.2, 0) is 6.54 Å². The van der Waals surface area contributed by atoms with Crippen molar-refractivity contribution in [3.05, 3.63) is 28.6 Å². The predicted octanol–water partition coefficient (Wildman–Crippen LogP) is 2.70. The van der Waals surface area contributed by atoms with Gasteiger partial charge in [0.15, 0.2) is 0 Å². The molecule has 0 bridgehead atoms. The van der Waals surface area contributed by atoms with E-state index in [1.54, 1.807) is 22.7 Å². The molecule has 1 fully saturated rings. The van der Waals surface area contributed by atoms with Crippen LogP contribution in [0, 0.1) is 0 Å². The molecule has 6 heteroatoms. The molecule has 3 heterocycles. The molecular formula is C12H16ClN3S2. The summed E-state index contributed by atoms with van der Waals surface area (Å²) in [4.78, 5) is 8.45. The molecule has 2 aromatic rings. The molecule has 0 aliphatic carbocycles. The minimum atomic E-state index is 0. The fourth-order valence-electron chi connectivity index (χ4n) is 1.99. The van der Waals surface area contributed by atoms with Gasteiger partial charge in [0, 0.05) is 38.1 Å². The van der Waals surface area contributed by atoms with E-state index in [9.17, 15) is 0 Å². The summed E-state index contributed by atoms with van der Waals surface area (Å²) in [6.07, 6.45) is 0. The first-order chi connectivity index (χ1) is 8.42. The second-order valence-electron chi connectivity index (χ2n) is 4.15. The van der Waals surface area contributed by atoms with Gasteiger partial charge in [0.25, 0.3) is 0 Å². The number of rotatable bonds is 3. The minimum Gasteiger partial charge on any atom is -0.314 e. The molecule has 1 aliphatic rings. The number of hydrogen-bond donors (Lipinski definition) is 1. The molecular weight excluding hydrogens is 286 g/mol. The van der Waals surface area contributed by atoms with Crippen molar-refractivity contribution in [3.8, 4) is 9.88 Å². The molecule has 0 atom stereocenters. The van der Waals surface area contributed by atoms with Crippen molar-refractivity contribution in [1.82, 2.24) is 15.2 Å². The molecule has 2 aromatic heterocycles. The Kier molecular flexibility index (Phi) is 5.14. The molecule has 3 nitrogen and oxygen atoms in total. The van der Waals surface area contributed by atoms with Crippen molar-refractivity contribution in [3.63, 3.8) is 0 Å². The first-order valence-electron chi connectivity index (χ1n) is 5.83. The van der Waals surface area contributed by atoms with Gasteiger partial charge in [-0.25, -0.2) is 4.98 Å². The highest BCUT2D eigenvalue weighted by Crippen LogP contribution is 2.28. The van der Waals surface area contributed by atoms with Gasteiger partial charge in [0.05, 0.1) is 10.6 Å². The van der Waals surface area contributed by atoms with Crippen LogP contribution in [0.25, 0.3) is 9.88 Å². The smallest absolute Gasteiger partial charge is 0.133 e. The molecule has 0 amide bonds. The lowest BCUT2D eigenvalue weighted by Crippen LogP contribution is -2.42. The maximum Gasteiger partial charge on any atom is 0.133 e.